The monoisotopic (exact) mass is 392 g/mol. The first-order valence-electron chi connectivity index (χ1n) is 7.93. The van der Waals surface area contributed by atoms with E-state index >= 15 is 0 Å². The van der Waals surface area contributed by atoms with Crippen molar-refractivity contribution in [1.29, 1.82) is 0 Å². The number of nitro groups is 1. The largest absolute Gasteiger partial charge is 0.466 e. The van der Waals surface area contributed by atoms with Gasteiger partial charge in [0.25, 0.3) is 0 Å². The average Bonchev–Trinajstić information content (AvgIpc) is 3.23. The number of fused-ring (bicyclic) bond motifs is 1. The van der Waals surface area contributed by atoms with E-state index in [9.17, 15) is 14.9 Å². The number of benzene rings is 1. The Hall–Kier alpha value is -3.15. The fourth-order valence-corrected chi connectivity index (χ4v) is 3.28. The second-order valence-electron chi connectivity index (χ2n) is 5.53. The topological polar surface area (TPSA) is 138 Å². The van der Waals surface area contributed by atoms with E-state index in [0.29, 0.717) is 28.5 Å². The summed E-state index contributed by atoms with van der Waals surface area (Å²) in [5.41, 5.74) is 0.410. The van der Waals surface area contributed by atoms with Crippen molar-refractivity contribution in [3.63, 3.8) is 0 Å². The molecule has 0 aliphatic rings. The van der Waals surface area contributed by atoms with Gasteiger partial charge < -0.3 is 14.6 Å². The Morgan fingerprint density at radius 3 is 2.89 bits per heavy atom. The maximum Gasteiger partial charge on any atom is 0.323 e. The number of anilines is 1. The van der Waals surface area contributed by atoms with Crippen LogP contribution >= 0.6 is 11.8 Å². The van der Waals surface area contributed by atoms with Gasteiger partial charge in [0.05, 0.1) is 11.5 Å². The summed E-state index contributed by atoms with van der Waals surface area (Å²) in [6.07, 6.45) is 3.94. The van der Waals surface area contributed by atoms with Crippen molar-refractivity contribution in [3.8, 4) is 0 Å². The first-order chi connectivity index (χ1) is 13.0. The highest BCUT2D eigenvalue weighted by atomic mass is 32.2. The molecule has 2 heterocycles. The first-order valence-corrected chi connectivity index (χ1v) is 8.75. The number of ether oxygens (including phenoxy) is 1. The molecule has 12 heteroatoms. The molecule has 11 nitrogen and oxygen atoms in total. The number of carbonyl (C=O) groups excluding carboxylic acids is 1. The van der Waals surface area contributed by atoms with E-state index in [0.717, 1.165) is 0 Å². The lowest BCUT2D eigenvalue weighted by atomic mass is 10.2. The van der Waals surface area contributed by atoms with Crippen molar-refractivity contribution < 1.29 is 19.1 Å². The van der Waals surface area contributed by atoms with Gasteiger partial charge in [0, 0.05) is 37.8 Å². The number of hydrogen-bond acceptors (Lipinski definition) is 10. The van der Waals surface area contributed by atoms with E-state index < -0.39 is 4.92 Å². The molecular formula is C15H16N6O5S. The number of esters is 1. The van der Waals surface area contributed by atoms with E-state index in [1.165, 1.54) is 18.7 Å². The standard InChI is InChI=1S/C15H16N6O5S/c1-9(22)25-7-3-4-16-10-8-11(27-15-17-5-6-20(15)2)12-13(19-26-18-12)14(10)21(23)24/h5-6,8,16H,3-4,7H2,1-2H3. The number of carbonyl (C=O) groups is 1. The predicted octanol–water partition coefficient (Wildman–Crippen LogP) is 2.38. The third-order valence-corrected chi connectivity index (χ3v) is 4.69. The van der Waals surface area contributed by atoms with Gasteiger partial charge in [-0.25, -0.2) is 9.61 Å². The van der Waals surface area contributed by atoms with Crippen molar-refractivity contribution >= 4 is 40.1 Å². The van der Waals surface area contributed by atoms with E-state index in [1.807, 2.05) is 11.6 Å². The molecule has 0 atom stereocenters. The summed E-state index contributed by atoms with van der Waals surface area (Å²) in [6.45, 7) is 1.92. The van der Waals surface area contributed by atoms with Crippen LogP contribution in [0.1, 0.15) is 13.3 Å². The number of aryl methyl sites for hydroxylation is 1. The van der Waals surface area contributed by atoms with Crippen LogP contribution in [0.5, 0.6) is 0 Å². The molecule has 0 saturated carbocycles. The number of nitro benzene ring substituents is 1. The van der Waals surface area contributed by atoms with Gasteiger partial charge in [-0.3, -0.25) is 14.9 Å². The quantitative estimate of drug-likeness (QED) is 0.263. The van der Waals surface area contributed by atoms with Crippen LogP contribution in [-0.2, 0) is 16.6 Å². The van der Waals surface area contributed by atoms with Crippen LogP contribution in [0.25, 0.3) is 11.0 Å². The lowest BCUT2D eigenvalue weighted by molar-refractivity contribution is -0.382. The summed E-state index contributed by atoms with van der Waals surface area (Å²) in [5.74, 6) is -0.371. The van der Waals surface area contributed by atoms with Gasteiger partial charge in [-0.2, -0.15) is 0 Å². The molecule has 3 rings (SSSR count). The zero-order valence-corrected chi connectivity index (χ0v) is 15.4. The maximum atomic E-state index is 11.6. The zero-order chi connectivity index (χ0) is 19.4. The second-order valence-corrected chi connectivity index (χ2v) is 6.54. The van der Waals surface area contributed by atoms with Crippen molar-refractivity contribution in [2.75, 3.05) is 18.5 Å². The minimum Gasteiger partial charge on any atom is -0.466 e. The molecular weight excluding hydrogens is 376 g/mol. The van der Waals surface area contributed by atoms with Crippen molar-refractivity contribution in [3.05, 3.63) is 28.6 Å². The van der Waals surface area contributed by atoms with Gasteiger partial charge >= 0.3 is 11.7 Å². The van der Waals surface area contributed by atoms with Crippen LogP contribution in [0, 0.1) is 10.1 Å². The van der Waals surface area contributed by atoms with Gasteiger partial charge in [0.1, 0.15) is 5.69 Å². The lowest BCUT2D eigenvalue weighted by Crippen LogP contribution is -2.09. The number of hydrogen-bond donors (Lipinski definition) is 1. The third kappa shape index (κ3) is 4.16. The second kappa shape index (κ2) is 8.03. The average molecular weight is 392 g/mol. The molecule has 0 unspecified atom stereocenters. The summed E-state index contributed by atoms with van der Waals surface area (Å²) in [4.78, 5) is 26.7. The highest BCUT2D eigenvalue weighted by Crippen LogP contribution is 2.40. The molecule has 0 saturated heterocycles. The highest BCUT2D eigenvalue weighted by Gasteiger charge is 2.26. The Morgan fingerprint density at radius 1 is 1.44 bits per heavy atom. The molecule has 1 aromatic carbocycles. The fraction of sp³-hybridized carbons (Fsp3) is 0.333. The van der Waals surface area contributed by atoms with Gasteiger partial charge in [-0.15, -0.1) is 0 Å². The molecule has 0 amide bonds. The molecule has 0 aliphatic carbocycles. The maximum absolute atomic E-state index is 11.6. The molecule has 0 radical (unpaired) electrons. The Balaban J connectivity index is 1.90. The van der Waals surface area contributed by atoms with Crippen LogP contribution in [0.15, 0.2) is 33.1 Å². The molecule has 0 aliphatic heterocycles. The normalized spacial score (nSPS) is 10.9. The molecule has 0 bridgehead atoms. The number of rotatable bonds is 8. The lowest BCUT2D eigenvalue weighted by Gasteiger charge is -2.09. The molecule has 3 aromatic rings. The van der Waals surface area contributed by atoms with E-state index in [-0.39, 0.29) is 29.5 Å². The highest BCUT2D eigenvalue weighted by molar-refractivity contribution is 7.99. The summed E-state index contributed by atoms with van der Waals surface area (Å²) in [7, 11) is 1.84. The number of nitrogens with zero attached hydrogens (tertiary/aromatic N) is 5. The smallest absolute Gasteiger partial charge is 0.323 e. The summed E-state index contributed by atoms with van der Waals surface area (Å²) < 4.78 is 11.4. The molecule has 0 spiro atoms. The SMILES string of the molecule is CC(=O)OCCCNc1cc(Sc2nccn2C)c2nonc2c1[N+](=O)[O-]. The van der Waals surface area contributed by atoms with Crippen molar-refractivity contribution in [1.82, 2.24) is 19.9 Å². The van der Waals surface area contributed by atoms with Crippen molar-refractivity contribution in [2.45, 2.75) is 23.4 Å². The predicted molar refractivity (Wildman–Crippen MR) is 95.5 cm³/mol. The summed E-state index contributed by atoms with van der Waals surface area (Å²) in [5, 5.41) is 22.8. The molecule has 142 valence electrons. The van der Waals surface area contributed by atoms with Crippen LogP contribution in [0.2, 0.25) is 0 Å². The van der Waals surface area contributed by atoms with Gasteiger partial charge in [0.2, 0.25) is 5.52 Å². The fourth-order valence-electron chi connectivity index (χ4n) is 2.36. The summed E-state index contributed by atoms with van der Waals surface area (Å²) >= 11 is 1.29. The number of aromatic nitrogens is 4. The van der Waals surface area contributed by atoms with Crippen molar-refractivity contribution in [2.24, 2.45) is 7.05 Å². The number of nitrogens with one attached hydrogen (secondary N) is 1. The van der Waals surface area contributed by atoms with E-state index in [4.69, 9.17) is 9.37 Å². The first kappa shape index (κ1) is 18.6. The Labute approximate surface area is 157 Å². The molecule has 1 N–H and O–H groups in total. The third-order valence-electron chi connectivity index (χ3n) is 3.58. The van der Waals surface area contributed by atoms with Crippen LogP contribution in [0.4, 0.5) is 11.4 Å². The molecule has 27 heavy (non-hydrogen) atoms. The Kier molecular flexibility index (Phi) is 5.54. The minimum atomic E-state index is -0.532. The van der Waals surface area contributed by atoms with Gasteiger partial charge in [-0.1, -0.05) is 0 Å². The molecule has 2 aromatic heterocycles. The molecule has 0 fully saturated rings. The van der Waals surface area contributed by atoms with Crippen LogP contribution in [-0.4, -0.2) is 43.9 Å². The Morgan fingerprint density at radius 2 is 2.22 bits per heavy atom. The number of imidazole rings is 1. The van der Waals surface area contributed by atoms with Crippen LogP contribution in [0.3, 0.4) is 0 Å². The van der Waals surface area contributed by atoms with Gasteiger partial charge in [0.15, 0.2) is 10.7 Å². The minimum absolute atomic E-state index is 0.0571. The summed E-state index contributed by atoms with van der Waals surface area (Å²) in [6, 6.07) is 1.62. The van der Waals surface area contributed by atoms with Crippen LogP contribution < -0.4 is 5.32 Å². The van der Waals surface area contributed by atoms with E-state index in [2.05, 4.69) is 20.6 Å². The zero-order valence-electron chi connectivity index (χ0n) is 14.5. The van der Waals surface area contributed by atoms with Gasteiger partial charge in [-0.05, 0) is 34.6 Å². The van der Waals surface area contributed by atoms with E-state index in [1.54, 1.807) is 18.5 Å². The Bertz CT molecular complexity index is 984.